The molecule has 1 aromatic carbocycles. The number of rotatable bonds is 2. The second-order valence-electron chi connectivity index (χ2n) is 4.56. The van der Waals surface area contributed by atoms with Crippen molar-refractivity contribution >= 4 is 5.97 Å². The van der Waals surface area contributed by atoms with E-state index in [-0.39, 0.29) is 18.1 Å². The Labute approximate surface area is 108 Å². The van der Waals surface area contributed by atoms with Crippen molar-refractivity contribution in [2.45, 2.75) is 31.9 Å². The summed E-state index contributed by atoms with van der Waals surface area (Å²) in [7, 11) is 0. The molecule has 0 spiro atoms. The summed E-state index contributed by atoms with van der Waals surface area (Å²) in [5.74, 6) is -4.30. The standard InChI is InChI=1S/C13H14F3NO2/c1-7(18)19-9-2-3-17-12(6-9)8-4-10(14)13(16)11(15)5-8/h4-5,9,12,17H,2-3,6H2,1H3. The zero-order valence-corrected chi connectivity index (χ0v) is 10.4. The number of piperidine rings is 1. The van der Waals surface area contributed by atoms with E-state index >= 15 is 0 Å². The zero-order chi connectivity index (χ0) is 14.0. The van der Waals surface area contributed by atoms with Gasteiger partial charge in [-0.2, -0.15) is 0 Å². The summed E-state index contributed by atoms with van der Waals surface area (Å²) in [6.45, 7) is 1.87. The zero-order valence-electron chi connectivity index (χ0n) is 10.4. The fourth-order valence-corrected chi connectivity index (χ4v) is 2.25. The fourth-order valence-electron chi connectivity index (χ4n) is 2.25. The van der Waals surface area contributed by atoms with E-state index in [0.29, 0.717) is 24.9 Å². The van der Waals surface area contributed by atoms with Gasteiger partial charge in [-0.3, -0.25) is 4.79 Å². The summed E-state index contributed by atoms with van der Waals surface area (Å²) in [6, 6.07) is 1.57. The second kappa shape index (κ2) is 5.61. The average molecular weight is 273 g/mol. The molecule has 0 amide bonds. The van der Waals surface area contributed by atoms with Gasteiger partial charge >= 0.3 is 5.97 Å². The number of ether oxygens (including phenoxy) is 1. The van der Waals surface area contributed by atoms with Gasteiger partial charge in [0.1, 0.15) is 6.10 Å². The number of hydrogen-bond acceptors (Lipinski definition) is 3. The van der Waals surface area contributed by atoms with Gasteiger partial charge in [0, 0.05) is 19.4 Å². The third-order valence-electron chi connectivity index (χ3n) is 3.10. The quantitative estimate of drug-likeness (QED) is 0.664. The van der Waals surface area contributed by atoms with E-state index in [4.69, 9.17) is 4.74 Å². The lowest BCUT2D eigenvalue weighted by atomic mass is 9.95. The maximum Gasteiger partial charge on any atom is 0.302 e. The third kappa shape index (κ3) is 3.26. The number of carbonyl (C=O) groups is 1. The van der Waals surface area contributed by atoms with Crippen molar-refractivity contribution in [3.8, 4) is 0 Å². The molecule has 1 saturated heterocycles. The average Bonchev–Trinajstić information content (AvgIpc) is 2.35. The Morgan fingerprint density at radius 1 is 1.32 bits per heavy atom. The van der Waals surface area contributed by atoms with Crippen LogP contribution in [0, 0.1) is 17.5 Å². The number of esters is 1. The summed E-state index contributed by atoms with van der Waals surface area (Å²) in [6.07, 6.45) is 0.756. The molecule has 6 heteroatoms. The molecule has 0 aliphatic carbocycles. The molecular weight excluding hydrogens is 259 g/mol. The summed E-state index contributed by atoms with van der Waals surface area (Å²) < 4.78 is 44.3. The molecule has 1 heterocycles. The lowest BCUT2D eigenvalue weighted by Crippen LogP contribution is -2.36. The highest BCUT2D eigenvalue weighted by molar-refractivity contribution is 5.66. The van der Waals surface area contributed by atoms with Gasteiger partial charge in [-0.25, -0.2) is 13.2 Å². The first-order valence-corrected chi connectivity index (χ1v) is 6.02. The molecule has 0 bridgehead atoms. The summed E-state index contributed by atoms with van der Waals surface area (Å²) in [5, 5.41) is 3.07. The molecular formula is C13H14F3NO2. The van der Waals surface area contributed by atoms with Crippen LogP contribution in [0.2, 0.25) is 0 Å². The normalized spacial score (nSPS) is 23.2. The summed E-state index contributed by atoms with van der Waals surface area (Å²) in [4.78, 5) is 10.9. The molecule has 1 aliphatic rings. The molecule has 2 atom stereocenters. The van der Waals surface area contributed by atoms with Crippen LogP contribution in [0.4, 0.5) is 13.2 Å². The Balaban J connectivity index is 2.15. The molecule has 2 rings (SSSR count). The van der Waals surface area contributed by atoms with Gasteiger partial charge in [-0.05, 0) is 30.7 Å². The lowest BCUT2D eigenvalue weighted by Gasteiger charge is -2.30. The topological polar surface area (TPSA) is 38.3 Å². The molecule has 1 aliphatic heterocycles. The van der Waals surface area contributed by atoms with Crippen molar-refractivity contribution in [2.75, 3.05) is 6.54 Å². The van der Waals surface area contributed by atoms with Crippen LogP contribution in [0.25, 0.3) is 0 Å². The van der Waals surface area contributed by atoms with E-state index in [2.05, 4.69) is 5.32 Å². The Hall–Kier alpha value is -1.56. The highest BCUT2D eigenvalue weighted by Crippen LogP contribution is 2.27. The molecule has 0 radical (unpaired) electrons. The van der Waals surface area contributed by atoms with Crippen LogP contribution in [0.5, 0.6) is 0 Å². The fraction of sp³-hybridized carbons (Fsp3) is 0.462. The van der Waals surface area contributed by atoms with Gasteiger partial charge in [0.25, 0.3) is 0 Å². The van der Waals surface area contributed by atoms with Crippen LogP contribution < -0.4 is 5.32 Å². The van der Waals surface area contributed by atoms with E-state index in [1.54, 1.807) is 0 Å². The van der Waals surface area contributed by atoms with Crippen LogP contribution >= 0.6 is 0 Å². The van der Waals surface area contributed by atoms with Gasteiger partial charge in [0.05, 0.1) is 0 Å². The smallest absolute Gasteiger partial charge is 0.302 e. The number of carbonyl (C=O) groups excluding carboxylic acids is 1. The molecule has 104 valence electrons. The summed E-state index contributed by atoms with van der Waals surface area (Å²) in [5.41, 5.74) is 0.313. The Morgan fingerprint density at radius 2 is 1.95 bits per heavy atom. The Kier molecular flexibility index (Phi) is 4.09. The molecule has 19 heavy (non-hydrogen) atoms. The second-order valence-corrected chi connectivity index (χ2v) is 4.56. The predicted octanol–water partition coefficient (Wildman–Crippen LogP) is 2.46. The van der Waals surface area contributed by atoms with Crippen LogP contribution in [0.15, 0.2) is 12.1 Å². The molecule has 0 saturated carbocycles. The SMILES string of the molecule is CC(=O)OC1CCNC(c2cc(F)c(F)c(F)c2)C1. The van der Waals surface area contributed by atoms with Crippen molar-refractivity contribution in [3.05, 3.63) is 35.1 Å². The number of halogens is 3. The maximum absolute atomic E-state index is 13.2. The first-order chi connectivity index (χ1) is 8.97. The molecule has 1 fully saturated rings. The van der Waals surface area contributed by atoms with E-state index in [1.807, 2.05) is 0 Å². The van der Waals surface area contributed by atoms with Crippen molar-refractivity contribution in [1.82, 2.24) is 5.32 Å². The summed E-state index contributed by atoms with van der Waals surface area (Å²) >= 11 is 0. The van der Waals surface area contributed by atoms with Gasteiger partial charge in [-0.15, -0.1) is 0 Å². The molecule has 3 nitrogen and oxygen atoms in total. The molecule has 1 aromatic rings. The number of nitrogens with one attached hydrogen (secondary N) is 1. The van der Waals surface area contributed by atoms with Crippen LogP contribution in [0.1, 0.15) is 31.4 Å². The largest absolute Gasteiger partial charge is 0.462 e. The van der Waals surface area contributed by atoms with E-state index < -0.39 is 17.5 Å². The van der Waals surface area contributed by atoms with Crippen molar-refractivity contribution in [2.24, 2.45) is 0 Å². The monoisotopic (exact) mass is 273 g/mol. The van der Waals surface area contributed by atoms with Crippen molar-refractivity contribution < 1.29 is 22.7 Å². The van der Waals surface area contributed by atoms with Gasteiger partial charge in [0.2, 0.25) is 0 Å². The van der Waals surface area contributed by atoms with E-state index in [0.717, 1.165) is 12.1 Å². The Bertz CT molecular complexity index is 470. The molecule has 1 N–H and O–H groups in total. The highest BCUT2D eigenvalue weighted by Gasteiger charge is 2.26. The number of benzene rings is 1. The minimum absolute atomic E-state index is 0.292. The molecule has 0 aromatic heterocycles. The first kappa shape index (κ1) is 13.9. The van der Waals surface area contributed by atoms with E-state index in [9.17, 15) is 18.0 Å². The lowest BCUT2D eigenvalue weighted by molar-refractivity contribution is -0.147. The van der Waals surface area contributed by atoms with Gasteiger partial charge in [-0.1, -0.05) is 0 Å². The van der Waals surface area contributed by atoms with Crippen LogP contribution in [-0.4, -0.2) is 18.6 Å². The first-order valence-electron chi connectivity index (χ1n) is 6.02. The minimum atomic E-state index is -1.48. The predicted molar refractivity (Wildman–Crippen MR) is 61.8 cm³/mol. The van der Waals surface area contributed by atoms with Crippen LogP contribution in [0.3, 0.4) is 0 Å². The molecule has 2 unspecified atom stereocenters. The van der Waals surface area contributed by atoms with Crippen molar-refractivity contribution in [1.29, 1.82) is 0 Å². The Morgan fingerprint density at radius 3 is 2.53 bits per heavy atom. The maximum atomic E-state index is 13.2. The van der Waals surface area contributed by atoms with Gasteiger partial charge < -0.3 is 10.1 Å². The minimum Gasteiger partial charge on any atom is -0.462 e. The third-order valence-corrected chi connectivity index (χ3v) is 3.10. The number of hydrogen-bond donors (Lipinski definition) is 1. The van der Waals surface area contributed by atoms with Gasteiger partial charge in [0.15, 0.2) is 17.5 Å². The van der Waals surface area contributed by atoms with E-state index in [1.165, 1.54) is 6.92 Å². The van der Waals surface area contributed by atoms with Crippen LogP contribution in [-0.2, 0) is 9.53 Å². The highest BCUT2D eigenvalue weighted by atomic mass is 19.2. The van der Waals surface area contributed by atoms with Crippen molar-refractivity contribution in [3.63, 3.8) is 0 Å².